The van der Waals surface area contributed by atoms with E-state index < -0.39 is 32.6 Å². The molecular formula is C22H18F2IN3O4S. The molecule has 0 bridgehead atoms. The summed E-state index contributed by atoms with van der Waals surface area (Å²) in [6.07, 6.45) is 1.10. The van der Waals surface area contributed by atoms with Gasteiger partial charge in [0.05, 0.1) is 27.2 Å². The summed E-state index contributed by atoms with van der Waals surface area (Å²) in [5, 5.41) is 2.17. The third-order valence-corrected chi connectivity index (χ3v) is 8.02. The number of hydrogen-bond acceptors (Lipinski definition) is 6. The highest BCUT2D eigenvalue weighted by Gasteiger charge is 2.38. The molecule has 0 aromatic heterocycles. The molecule has 0 radical (unpaired) electrons. The number of para-hydroxylation sites is 1. The molecule has 1 saturated carbocycles. The third-order valence-electron chi connectivity index (χ3n) is 5.03. The van der Waals surface area contributed by atoms with E-state index in [2.05, 4.69) is 5.32 Å². The van der Waals surface area contributed by atoms with Gasteiger partial charge >= 0.3 is 0 Å². The van der Waals surface area contributed by atoms with Crippen molar-refractivity contribution in [2.45, 2.75) is 23.0 Å². The van der Waals surface area contributed by atoms with E-state index in [0.29, 0.717) is 16.4 Å². The van der Waals surface area contributed by atoms with Crippen molar-refractivity contribution < 1.29 is 26.7 Å². The van der Waals surface area contributed by atoms with Crippen LogP contribution in [0.4, 0.5) is 25.8 Å². The third kappa shape index (κ3) is 4.74. The lowest BCUT2D eigenvalue weighted by Crippen LogP contribution is -2.16. The highest BCUT2D eigenvalue weighted by atomic mass is 127. The number of nitrogen functional groups attached to an aromatic ring is 1. The molecule has 0 heterocycles. The number of rotatable bonds is 7. The summed E-state index contributed by atoms with van der Waals surface area (Å²) in [6.45, 7) is 0. The molecule has 1 aliphatic rings. The Bertz CT molecular complexity index is 1380. The second kappa shape index (κ2) is 8.78. The molecule has 1 fully saturated rings. The second-order valence-electron chi connectivity index (χ2n) is 7.45. The van der Waals surface area contributed by atoms with Crippen LogP contribution in [-0.4, -0.2) is 19.6 Å². The Morgan fingerprint density at radius 2 is 1.79 bits per heavy atom. The minimum absolute atomic E-state index is 0.00787. The zero-order valence-electron chi connectivity index (χ0n) is 16.9. The molecule has 1 aliphatic carbocycles. The van der Waals surface area contributed by atoms with Crippen LogP contribution in [0.3, 0.4) is 0 Å². The molecule has 0 atom stereocenters. The Kier molecular flexibility index (Phi) is 6.18. The number of nitrogens with two attached hydrogens (primary N) is 2. The molecule has 7 nitrogen and oxygen atoms in total. The van der Waals surface area contributed by atoms with Gasteiger partial charge in [0.15, 0.2) is 15.6 Å². The Hall–Kier alpha value is -2.93. The lowest BCUT2D eigenvalue weighted by atomic mass is 10.1. The summed E-state index contributed by atoms with van der Waals surface area (Å²) in [5.41, 5.74) is 11.0. The molecule has 0 aliphatic heterocycles. The molecule has 3 aromatic carbocycles. The predicted molar refractivity (Wildman–Crippen MR) is 128 cm³/mol. The van der Waals surface area contributed by atoms with Crippen molar-refractivity contribution in [1.82, 2.24) is 0 Å². The molecule has 5 N–H and O–H groups in total. The van der Waals surface area contributed by atoms with Crippen molar-refractivity contribution in [3.8, 4) is 11.5 Å². The van der Waals surface area contributed by atoms with Crippen molar-refractivity contribution in [1.29, 1.82) is 0 Å². The molecule has 3 aromatic rings. The zero-order valence-corrected chi connectivity index (χ0v) is 19.9. The van der Waals surface area contributed by atoms with Crippen LogP contribution in [0.25, 0.3) is 0 Å². The van der Waals surface area contributed by atoms with Crippen molar-refractivity contribution in [2.75, 3.05) is 11.1 Å². The van der Waals surface area contributed by atoms with Gasteiger partial charge in [-0.1, -0.05) is 6.07 Å². The van der Waals surface area contributed by atoms with Crippen LogP contribution in [0.1, 0.15) is 23.2 Å². The van der Waals surface area contributed by atoms with Crippen LogP contribution in [-0.2, 0) is 9.84 Å². The Balaban J connectivity index is 1.77. The standard InChI is InChI=1S/C22H18F2IN3O4S/c23-11-8-16(28-15-7-4-12(25)10-14(15)24)20(22(27)29)18(9-11)32-17-2-1-3-19(21(17)26)33(30,31)13-5-6-13/h1-4,7-10,13,28H,5-6,26H2,(H2,27,29). The summed E-state index contributed by atoms with van der Waals surface area (Å²) < 4.78 is 60.4. The first kappa shape index (κ1) is 23.2. The van der Waals surface area contributed by atoms with Gasteiger partial charge in [0.25, 0.3) is 5.91 Å². The molecule has 0 unspecified atom stereocenters. The highest BCUT2D eigenvalue weighted by Crippen LogP contribution is 2.41. The Labute approximate surface area is 202 Å². The maximum Gasteiger partial charge on any atom is 0.254 e. The SMILES string of the molecule is NC(=O)c1c(Nc2ccc(I)cc2F)cc(F)cc1Oc1cccc(S(=O)(=O)C2CC2)c1N. The van der Waals surface area contributed by atoms with E-state index in [1.807, 2.05) is 22.6 Å². The average molecular weight is 585 g/mol. The van der Waals surface area contributed by atoms with Gasteiger partial charge in [-0.05, 0) is 71.8 Å². The van der Waals surface area contributed by atoms with Gasteiger partial charge < -0.3 is 21.5 Å². The number of nitrogens with one attached hydrogen (secondary N) is 1. The number of amides is 1. The number of primary amides is 1. The normalized spacial score (nSPS) is 13.5. The summed E-state index contributed by atoms with van der Waals surface area (Å²) in [6, 6.07) is 10.4. The molecule has 0 spiro atoms. The number of hydrogen-bond donors (Lipinski definition) is 3. The molecular weight excluding hydrogens is 567 g/mol. The maximum absolute atomic E-state index is 14.4. The number of sulfone groups is 1. The van der Waals surface area contributed by atoms with Gasteiger partial charge in [-0.3, -0.25) is 4.79 Å². The van der Waals surface area contributed by atoms with Crippen LogP contribution >= 0.6 is 22.6 Å². The summed E-state index contributed by atoms with van der Waals surface area (Å²) in [5.74, 6) is -2.78. The van der Waals surface area contributed by atoms with Crippen LogP contribution in [0.5, 0.6) is 11.5 Å². The fourth-order valence-electron chi connectivity index (χ4n) is 3.29. The molecule has 4 rings (SSSR count). The molecule has 0 saturated heterocycles. The van der Waals surface area contributed by atoms with Crippen molar-refractivity contribution >= 4 is 55.4 Å². The molecule has 172 valence electrons. The molecule has 1 amide bonds. The van der Waals surface area contributed by atoms with E-state index >= 15 is 0 Å². The van der Waals surface area contributed by atoms with E-state index in [4.69, 9.17) is 16.2 Å². The van der Waals surface area contributed by atoms with Crippen molar-refractivity contribution in [3.05, 3.63) is 69.3 Å². The van der Waals surface area contributed by atoms with E-state index in [1.54, 1.807) is 6.07 Å². The highest BCUT2D eigenvalue weighted by molar-refractivity contribution is 14.1. The first-order valence-electron chi connectivity index (χ1n) is 9.73. The van der Waals surface area contributed by atoms with Crippen molar-refractivity contribution in [2.24, 2.45) is 5.73 Å². The lowest BCUT2D eigenvalue weighted by molar-refractivity contribution is 0.0999. The number of anilines is 3. The van der Waals surface area contributed by atoms with Gasteiger partial charge in [-0.25, -0.2) is 17.2 Å². The van der Waals surface area contributed by atoms with E-state index in [1.165, 1.54) is 30.3 Å². The predicted octanol–water partition coefficient (Wildman–Crippen LogP) is 4.72. The van der Waals surface area contributed by atoms with Crippen LogP contribution < -0.4 is 21.5 Å². The first-order valence-corrected chi connectivity index (χ1v) is 12.4. The monoisotopic (exact) mass is 585 g/mol. The quantitative estimate of drug-likeness (QED) is 0.272. The number of ether oxygens (including phenoxy) is 1. The average Bonchev–Trinajstić information content (AvgIpc) is 3.57. The van der Waals surface area contributed by atoms with Crippen LogP contribution in [0.15, 0.2) is 53.4 Å². The number of carbonyl (C=O) groups is 1. The fraction of sp³-hybridized carbons (Fsp3) is 0.136. The topological polar surface area (TPSA) is 125 Å². The summed E-state index contributed by atoms with van der Waals surface area (Å²) >= 11 is 1.94. The lowest BCUT2D eigenvalue weighted by Gasteiger charge is -2.17. The number of halogens is 3. The second-order valence-corrected chi connectivity index (χ2v) is 10.9. The van der Waals surface area contributed by atoms with Gasteiger partial charge in [0.2, 0.25) is 0 Å². The minimum atomic E-state index is -3.63. The number of carbonyl (C=O) groups excluding carboxylic acids is 1. The van der Waals surface area contributed by atoms with Crippen LogP contribution in [0.2, 0.25) is 0 Å². The minimum Gasteiger partial charge on any atom is -0.454 e. The van der Waals surface area contributed by atoms with E-state index in [9.17, 15) is 22.0 Å². The van der Waals surface area contributed by atoms with Gasteiger partial charge in [-0.2, -0.15) is 0 Å². The first-order chi connectivity index (χ1) is 15.6. The summed E-state index contributed by atoms with van der Waals surface area (Å²) in [7, 11) is -3.63. The largest absolute Gasteiger partial charge is 0.454 e. The molecule has 33 heavy (non-hydrogen) atoms. The van der Waals surface area contributed by atoms with Gasteiger partial charge in [0, 0.05) is 9.64 Å². The zero-order chi connectivity index (χ0) is 23.9. The Morgan fingerprint density at radius 1 is 1.06 bits per heavy atom. The number of benzene rings is 3. The fourth-order valence-corrected chi connectivity index (χ4v) is 5.53. The van der Waals surface area contributed by atoms with E-state index in [0.717, 1.165) is 12.1 Å². The maximum atomic E-state index is 14.4. The summed E-state index contributed by atoms with van der Waals surface area (Å²) in [4.78, 5) is 12.1. The molecule has 11 heteroatoms. The Morgan fingerprint density at radius 3 is 2.42 bits per heavy atom. The van der Waals surface area contributed by atoms with Crippen molar-refractivity contribution in [3.63, 3.8) is 0 Å². The smallest absolute Gasteiger partial charge is 0.254 e. The van der Waals surface area contributed by atoms with Gasteiger partial charge in [0.1, 0.15) is 22.9 Å². The van der Waals surface area contributed by atoms with E-state index in [-0.39, 0.29) is 39.0 Å². The van der Waals surface area contributed by atoms with Crippen LogP contribution in [0, 0.1) is 15.2 Å². The van der Waals surface area contributed by atoms with Gasteiger partial charge in [-0.15, -0.1) is 0 Å².